The third kappa shape index (κ3) is 3.01. The number of rotatable bonds is 4. The highest BCUT2D eigenvalue weighted by Crippen LogP contribution is 2.22. The molecule has 0 saturated carbocycles. The van der Waals surface area contributed by atoms with Crippen LogP contribution in [0.15, 0.2) is 42.5 Å². The molecule has 0 fully saturated rings. The summed E-state index contributed by atoms with van der Waals surface area (Å²) in [5, 5.41) is 5.16. The minimum atomic E-state index is 0.0789. The van der Waals surface area contributed by atoms with Gasteiger partial charge in [-0.3, -0.25) is 4.79 Å². The molecule has 3 heteroatoms. The van der Waals surface area contributed by atoms with Gasteiger partial charge in [0.25, 0.3) is 0 Å². The van der Waals surface area contributed by atoms with E-state index in [9.17, 15) is 4.79 Å². The van der Waals surface area contributed by atoms with Gasteiger partial charge in [-0.15, -0.1) is 11.8 Å². The van der Waals surface area contributed by atoms with Gasteiger partial charge in [0.2, 0.25) is 5.91 Å². The second-order valence-electron chi connectivity index (χ2n) is 3.80. The lowest BCUT2D eigenvalue weighted by atomic mass is 10.1. The van der Waals surface area contributed by atoms with Crippen LogP contribution >= 0.6 is 11.8 Å². The number of hydrogen-bond acceptors (Lipinski definition) is 2. The summed E-state index contributed by atoms with van der Waals surface area (Å²) in [7, 11) is 1.67. The van der Waals surface area contributed by atoms with Crippen LogP contribution in [0.4, 0.5) is 0 Å². The van der Waals surface area contributed by atoms with E-state index in [-0.39, 0.29) is 5.91 Å². The van der Waals surface area contributed by atoms with E-state index in [1.165, 1.54) is 16.3 Å². The second kappa shape index (κ2) is 5.73. The summed E-state index contributed by atoms with van der Waals surface area (Å²) in [4.78, 5) is 11.1. The molecule has 0 aliphatic rings. The van der Waals surface area contributed by atoms with Crippen LogP contribution in [0.3, 0.4) is 0 Å². The average molecular weight is 245 g/mol. The molecule has 0 aliphatic heterocycles. The Morgan fingerprint density at radius 3 is 2.76 bits per heavy atom. The Labute approximate surface area is 105 Å². The van der Waals surface area contributed by atoms with E-state index in [1.54, 1.807) is 18.8 Å². The first-order chi connectivity index (χ1) is 8.31. The number of thioether (sulfide) groups is 1. The van der Waals surface area contributed by atoms with Crippen molar-refractivity contribution in [3.8, 4) is 0 Å². The molecule has 2 aromatic rings. The fourth-order valence-electron chi connectivity index (χ4n) is 1.74. The van der Waals surface area contributed by atoms with Crippen molar-refractivity contribution < 1.29 is 4.79 Å². The van der Waals surface area contributed by atoms with E-state index >= 15 is 0 Å². The molecule has 0 saturated heterocycles. The van der Waals surface area contributed by atoms with Crippen molar-refractivity contribution in [1.82, 2.24) is 5.32 Å². The lowest BCUT2D eigenvalue weighted by molar-refractivity contribution is -0.118. The first kappa shape index (κ1) is 12.0. The van der Waals surface area contributed by atoms with Crippen LogP contribution < -0.4 is 5.32 Å². The Bertz CT molecular complexity index is 519. The third-order valence-corrected chi connectivity index (χ3v) is 3.63. The monoisotopic (exact) mass is 245 g/mol. The Hall–Kier alpha value is -1.48. The molecule has 2 nitrogen and oxygen atoms in total. The zero-order valence-electron chi connectivity index (χ0n) is 9.77. The van der Waals surface area contributed by atoms with Crippen LogP contribution in [-0.4, -0.2) is 18.7 Å². The van der Waals surface area contributed by atoms with E-state index in [2.05, 4.69) is 41.7 Å². The molecule has 0 bridgehead atoms. The summed E-state index contributed by atoms with van der Waals surface area (Å²) in [5.41, 5.74) is 1.29. The zero-order chi connectivity index (χ0) is 12.1. The number of carbonyl (C=O) groups is 1. The molecule has 2 aromatic carbocycles. The van der Waals surface area contributed by atoms with E-state index in [4.69, 9.17) is 0 Å². The Morgan fingerprint density at radius 1 is 1.18 bits per heavy atom. The van der Waals surface area contributed by atoms with Gasteiger partial charge in [-0.05, 0) is 16.3 Å². The summed E-state index contributed by atoms with van der Waals surface area (Å²) < 4.78 is 0. The molecule has 0 aliphatic carbocycles. The van der Waals surface area contributed by atoms with Crippen LogP contribution in [0.1, 0.15) is 5.56 Å². The van der Waals surface area contributed by atoms with E-state index in [0.717, 1.165) is 5.75 Å². The maximum atomic E-state index is 11.1. The van der Waals surface area contributed by atoms with Crippen LogP contribution in [0.25, 0.3) is 10.8 Å². The number of amides is 1. The van der Waals surface area contributed by atoms with Crippen LogP contribution in [-0.2, 0) is 10.5 Å². The third-order valence-electron chi connectivity index (χ3n) is 2.65. The summed E-state index contributed by atoms with van der Waals surface area (Å²) in [5.74, 6) is 1.46. The van der Waals surface area contributed by atoms with Crippen molar-refractivity contribution in [2.45, 2.75) is 5.75 Å². The van der Waals surface area contributed by atoms with Gasteiger partial charge in [-0.1, -0.05) is 42.5 Å². The van der Waals surface area contributed by atoms with Crippen molar-refractivity contribution in [3.63, 3.8) is 0 Å². The zero-order valence-corrected chi connectivity index (χ0v) is 10.6. The summed E-state index contributed by atoms with van der Waals surface area (Å²) in [6, 6.07) is 14.6. The molecule has 88 valence electrons. The van der Waals surface area contributed by atoms with E-state index in [1.807, 2.05) is 6.07 Å². The smallest absolute Gasteiger partial charge is 0.229 e. The van der Waals surface area contributed by atoms with Gasteiger partial charge >= 0.3 is 0 Å². The molecule has 0 spiro atoms. The minimum absolute atomic E-state index is 0.0789. The average Bonchev–Trinajstić information content (AvgIpc) is 2.39. The Kier molecular flexibility index (Phi) is 4.04. The molecule has 1 amide bonds. The van der Waals surface area contributed by atoms with Gasteiger partial charge in [0.1, 0.15) is 0 Å². The van der Waals surface area contributed by atoms with Gasteiger partial charge < -0.3 is 5.32 Å². The first-order valence-electron chi connectivity index (χ1n) is 5.56. The molecule has 0 atom stereocenters. The van der Waals surface area contributed by atoms with Crippen molar-refractivity contribution in [1.29, 1.82) is 0 Å². The lowest BCUT2D eigenvalue weighted by Gasteiger charge is -2.06. The largest absolute Gasteiger partial charge is 0.358 e. The Balaban J connectivity index is 2.11. The highest BCUT2D eigenvalue weighted by Gasteiger charge is 2.02. The molecule has 17 heavy (non-hydrogen) atoms. The fourth-order valence-corrected chi connectivity index (χ4v) is 2.65. The van der Waals surface area contributed by atoms with Gasteiger partial charge in [-0.25, -0.2) is 0 Å². The molecular formula is C14H15NOS. The molecule has 0 radical (unpaired) electrons. The molecule has 0 unspecified atom stereocenters. The molecule has 1 N–H and O–H groups in total. The van der Waals surface area contributed by atoms with Crippen LogP contribution in [0, 0.1) is 0 Å². The topological polar surface area (TPSA) is 29.1 Å². The molecule has 0 heterocycles. The number of hydrogen-bond donors (Lipinski definition) is 1. The first-order valence-corrected chi connectivity index (χ1v) is 6.71. The normalized spacial score (nSPS) is 10.4. The fraction of sp³-hybridized carbons (Fsp3) is 0.214. The highest BCUT2D eigenvalue weighted by molar-refractivity contribution is 7.99. The predicted octanol–water partition coefficient (Wildman–Crippen LogP) is 2.82. The van der Waals surface area contributed by atoms with Gasteiger partial charge in [0.05, 0.1) is 5.75 Å². The van der Waals surface area contributed by atoms with Crippen molar-refractivity contribution >= 4 is 28.4 Å². The van der Waals surface area contributed by atoms with Crippen molar-refractivity contribution in [2.24, 2.45) is 0 Å². The second-order valence-corrected chi connectivity index (χ2v) is 4.79. The summed E-state index contributed by atoms with van der Waals surface area (Å²) in [6.45, 7) is 0. The summed E-state index contributed by atoms with van der Waals surface area (Å²) in [6.07, 6.45) is 0. The SMILES string of the molecule is CNC(=O)CSCc1cccc2ccccc12. The van der Waals surface area contributed by atoms with Crippen LogP contribution in [0.2, 0.25) is 0 Å². The number of fused-ring (bicyclic) bond motifs is 1. The molecule has 0 aromatic heterocycles. The number of carbonyl (C=O) groups excluding carboxylic acids is 1. The number of nitrogens with one attached hydrogen (secondary N) is 1. The van der Waals surface area contributed by atoms with Crippen LogP contribution in [0.5, 0.6) is 0 Å². The predicted molar refractivity (Wildman–Crippen MR) is 74.2 cm³/mol. The maximum Gasteiger partial charge on any atom is 0.229 e. The van der Waals surface area contributed by atoms with E-state index < -0.39 is 0 Å². The van der Waals surface area contributed by atoms with Gasteiger partial charge in [-0.2, -0.15) is 0 Å². The molecular weight excluding hydrogens is 230 g/mol. The molecule has 2 rings (SSSR count). The van der Waals surface area contributed by atoms with Gasteiger partial charge in [0, 0.05) is 12.8 Å². The maximum absolute atomic E-state index is 11.1. The summed E-state index contributed by atoms with van der Waals surface area (Å²) >= 11 is 1.64. The van der Waals surface area contributed by atoms with Crippen molar-refractivity contribution in [2.75, 3.05) is 12.8 Å². The number of benzene rings is 2. The Morgan fingerprint density at radius 2 is 1.94 bits per heavy atom. The lowest BCUT2D eigenvalue weighted by Crippen LogP contribution is -2.19. The minimum Gasteiger partial charge on any atom is -0.358 e. The van der Waals surface area contributed by atoms with Gasteiger partial charge in [0.15, 0.2) is 0 Å². The standard InChI is InChI=1S/C14H15NOS/c1-15-14(16)10-17-9-12-7-4-6-11-5-2-3-8-13(11)12/h2-8H,9-10H2,1H3,(H,15,16). The quantitative estimate of drug-likeness (QED) is 0.897. The highest BCUT2D eigenvalue weighted by atomic mass is 32.2. The van der Waals surface area contributed by atoms with E-state index in [0.29, 0.717) is 5.75 Å². The van der Waals surface area contributed by atoms with Crippen molar-refractivity contribution in [3.05, 3.63) is 48.0 Å².